The van der Waals surface area contributed by atoms with Gasteiger partial charge in [-0.15, -0.1) is 11.3 Å². The molecule has 2 aliphatic carbocycles. The van der Waals surface area contributed by atoms with Gasteiger partial charge in [0.15, 0.2) is 10.8 Å². The minimum absolute atomic E-state index is 0.106. The highest BCUT2D eigenvalue weighted by Crippen LogP contribution is 2.44. The van der Waals surface area contributed by atoms with Crippen LogP contribution in [-0.2, 0) is 6.18 Å². The van der Waals surface area contributed by atoms with Gasteiger partial charge in [0.05, 0.1) is 4.88 Å². The number of Topliss-reactive ketones (excluding diaryl/α,β-unsaturated/α-hetero) is 1. The number of fused-ring (bicyclic) bond motifs is 1. The fourth-order valence-electron chi connectivity index (χ4n) is 3.83. The molecule has 1 aromatic heterocycles. The van der Waals surface area contributed by atoms with Crippen molar-refractivity contribution in [1.82, 2.24) is 4.98 Å². The van der Waals surface area contributed by atoms with Crippen LogP contribution in [-0.4, -0.2) is 10.8 Å². The van der Waals surface area contributed by atoms with Crippen LogP contribution < -0.4 is 0 Å². The number of carbonyl (C=O) groups is 1. The summed E-state index contributed by atoms with van der Waals surface area (Å²) in [7, 11) is 0. The van der Waals surface area contributed by atoms with E-state index in [1.165, 1.54) is 25.7 Å². The van der Waals surface area contributed by atoms with Gasteiger partial charge in [0.25, 0.3) is 0 Å². The number of aromatic nitrogens is 1. The standard InChI is InChI=1S/C15H18F3NOS/c16-15(17,18)14-19-8-12(21-14)13(20)11-6-5-9-3-1-2-4-10(9)7-11/h8-11H,1-7H2. The fraction of sp³-hybridized carbons (Fsp3) is 0.733. The second kappa shape index (κ2) is 5.71. The number of alkyl halides is 3. The second-order valence-electron chi connectivity index (χ2n) is 6.21. The summed E-state index contributed by atoms with van der Waals surface area (Å²) < 4.78 is 37.7. The SMILES string of the molecule is O=C(c1cnc(C(F)(F)F)s1)C1CCC2CCCCC2C1. The van der Waals surface area contributed by atoms with Gasteiger partial charge >= 0.3 is 6.18 Å². The molecule has 1 heterocycles. The quantitative estimate of drug-likeness (QED) is 0.722. The lowest BCUT2D eigenvalue weighted by atomic mass is 9.66. The number of carbonyl (C=O) groups excluding carboxylic acids is 1. The van der Waals surface area contributed by atoms with E-state index in [4.69, 9.17) is 0 Å². The molecule has 1 aromatic rings. The Morgan fingerprint density at radius 3 is 2.52 bits per heavy atom. The van der Waals surface area contributed by atoms with Crippen LogP contribution in [0.2, 0.25) is 0 Å². The van der Waals surface area contributed by atoms with Crippen LogP contribution in [0.3, 0.4) is 0 Å². The first-order chi connectivity index (χ1) is 9.95. The van der Waals surface area contributed by atoms with E-state index >= 15 is 0 Å². The van der Waals surface area contributed by atoms with Crippen molar-refractivity contribution in [2.24, 2.45) is 17.8 Å². The topological polar surface area (TPSA) is 30.0 Å². The molecule has 0 aliphatic heterocycles. The van der Waals surface area contributed by atoms with E-state index in [2.05, 4.69) is 4.98 Å². The summed E-state index contributed by atoms with van der Waals surface area (Å²) >= 11 is 0.485. The molecule has 2 saturated carbocycles. The lowest BCUT2D eigenvalue weighted by Crippen LogP contribution is -2.31. The highest BCUT2D eigenvalue weighted by atomic mass is 32.1. The number of ketones is 1. The van der Waals surface area contributed by atoms with Gasteiger partial charge in [-0.1, -0.05) is 25.7 Å². The molecule has 0 saturated heterocycles. The summed E-state index contributed by atoms with van der Waals surface area (Å²) in [6.07, 6.45) is 4.29. The molecule has 0 amide bonds. The summed E-state index contributed by atoms with van der Waals surface area (Å²) in [5, 5.41) is -0.919. The third kappa shape index (κ3) is 3.15. The molecule has 21 heavy (non-hydrogen) atoms. The average Bonchev–Trinajstić information content (AvgIpc) is 2.96. The summed E-state index contributed by atoms with van der Waals surface area (Å²) in [6.45, 7) is 0. The summed E-state index contributed by atoms with van der Waals surface area (Å²) in [5.41, 5.74) is 0. The van der Waals surface area contributed by atoms with E-state index < -0.39 is 11.2 Å². The van der Waals surface area contributed by atoms with Crippen molar-refractivity contribution in [1.29, 1.82) is 0 Å². The highest BCUT2D eigenvalue weighted by molar-refractivity contribution is 7.13. The zero-order chi connectivity index (χ0) is 15.0. The first kappa shape index (κ1) is 15.0. The minimum atomic E-state index is -4.45. The van der Waals surface area contributed by atoms with Gasteiger partial charge in [-0.25, -0.2) is 4.98 Å². The van der Waals surface area contributed by atoms with E-state index in [-0.39, 0.29) is 16.6 Å². The molecule has 3 atom stereocenters. The number of thiazole rings is 1. The summed E-state index contributed by atoms with van der Waals surface area (Å²) in [6, 6.07) is 0. The maximum atomic E-state index is 12.6. The van der Waals surface area contributed by atoms with Crippen molar-refractivity contribution in [3.8, 4) is 0 Å². The van der Waals surface area contributed by atoms with Gasteiger partial charge in [0, 0.05) is 12.1 Å². The molecule has 6 heteroatoms. The summed E-state index contributed by atoms with van der Waals surface area (Å²) in [4.78, 5) is 15.9. The largest absolute Gasteiger partial charge is 0.443 e. The van der Waals surface area contributed by atoms with Crippen LogP contribution in [0.25, 0.3) is 0 Å². The van der Waals surface area contributed by atoms with E-state index in [1.54, 1.807) is 0 Å². The predicted molar refractivity (Wildman–Crippen MR) is 74.2 cm³/mol. The van der Waals surface area contributed by atoms with Crippen molar-refractivity contribution >= 4 is 17.1 Å². The van der Waals surface area contributed by atoms with E-state index in [0.29, 0.717) is 17.3 Å². The zero-order valence-corrected chi connectivity index (χ0v) is 12.5. The normalized spacial score (nSPS) is 30.0. The van der Waals surface area contributed by atoms with Crippen molar-refractivity contribution in [3.05, 3.63) is 16.1 Å². The van der Waals surface area contributed by atoms with Gasteiger partial charge < -0.3 is 0 Å². The Morgan fingerprint density at radius 2 is 1.86 bits per heavy atom. The van der Waals surface area contributed by atoms with E-state index in [9.17, 15) is 18.0 Å². The predicted octanol–water partition coefficient (Wildman–Crippen LogP) is 4.95. The molecule has 0 bridgehead atoms. The maximum absolute atomic E-state index is 12.6. The average molecular weight is 317 g/mol. The molecule has 2 aliphatic rings. The van der Waals surface area contributed by atoms with Crippen LogP contribution >= 0.6 is 11.3 Å². The number of hydrogen-bond donors (Lipinski definition) is 0. The molecule has 2 nitrogen and oxygen atoms in total. The van der Waals surface area contributed by atoms with Gasteiger partial charge in [-0.3, -0.25) is 4.79 Å². The van der Waals surface area contributed by atoms with Crippen molar-refractivity contribution in [3.63, 3.8) is 0 Å². The number of halogens is 3. The molecule has 3 unspecified atom stereocenters. The monoisotopic (exact) mass is 317 g/mol. The van der Waals surface area contributed by atoms with Crippen molar-refractivity contribution in [2.75, 3.05) is 0 Å². The highest BCUT2D eigenvalue weighted by Gasteiger charge is 2.38. The molecule has 0 spiro atoms. The van der Waals surface area contributed by atoms with Gasteiger partial charge in [-0.2, -0.15) is 13.2 Å². The lowest BCUT2D eigenvalue weighted by molar-refractivity contribution is -0.137. The minimum Gasteiger partial charge on any atom is -0.293 e. The molecular formula is C15H18F3NOS. The van der Waals surface area contributed by atoms with E-state index in [0.717, 1.165) is 31.4 Å². The Kier molecular flexibility index (Phi) is 4.08. The van der Waals surface area contributed by atoms with Crippen LogP contribution in [0.15, 0.2) is 6.20 Å². The first-order valence-electron chi connectivity index (χ1n) is 7.52. The lowest BCUT2D eigenvalue weighted by Gasteiger charge is -2.38. The first-order valence-corrected chi connectivity index (χ1v) is 8.34. The zero-order valence-electron chi connectivity index (χ0n) is 11.7. The van der Waals surface area contributed by atoms with Gasteiger partial charge in [0.2, 0.25) is 0 Å². The summed E-state index contributed by atoms with van der Waals surface area (Å²) in [5.74, 6) is 1.09. The molecule has 0 aromatic carbocycles. The third-order valence-electron chi connectivity index (χ3n) is 4.90. The van der Waals surface area contributed by atoms with Crippen molar-refractivity contribution in [2.45, 2.75) is 51.1 Å². The Morgan fingerprint density at radius 1 is 1.14 bits per heavy atom. The van der Waals surface area contributed by atoms with Gasteiger partial charge in [-0.05, 0) is 31.1 Å². The molecule has 0 N–H and O–H groups in total. The number of rotatable bonds is 2. The molecular weight excluding hydrogens is 299 g/mol. The maximum Gasteiger partial charge on any atom is 0.443 e. The Balaban J connectivity index is 1.69. The second-order valence-corrected chi connectivity index (χ2v) is 7.24. The van der Waals surface area contributed by atoms with Crippen molar-refractivity contribution < 1.29 is 18.0 Å². The Labute approximate surface area is 125 Å². The molecule has 2 fully saturated rings. The smallest absolute Gasteiger partial charge is 0.293 e. The number of hydrogen-bond acceptors (Lipinski definition) is 3. The third-order valence-corrected chi connectivity index (χ3v) is 5.96. The number of nitrogens with zero attached hydrogens (tertiary/aromatic N) is 1. The Hall–Kier alpha value is -0.910. The molecule has 3 rings (SSSR count). The van der Waals surface area contributed by atoms with E-state index in [1.807, 2.05) is 0 Å². The molecule has 116 valence electrons. The van der Waals surface area contributed by atoms with Crippen LogP contribution in [0.1, 0.15) is 59.6 Å². The molecule has 0 radical (unpaired) electrons. The fourth-order valence-corrected chi connectivity index (χ4v) is 4.63. The van der Waals surface area contributed by atoms with Gasteiger partial charge in [0.1, 0.15) is 0 Å². The van der Waals surface area contributed by atoms with Crippen LogP contribution in [0.5, 0.6) is 0 Å². The van der Waals surface area contributed by atoms with Crippen LogP contribution in [0, 0.1) is 17.8 Å². The Bertz CT molecular complexity index is 525. The van der Waals surface area contributed by atoms with Crippen LogP contribution in [0.4, 0.5) is 13.2 Å².